The monoisotopic (exact) mass is 337 g/mol. The van der Waals surface area contributed by atoms with Gasteiger partial charge in [0.05, 0.1) is 12.5 Å². The van der Waals surface area contributed by atoms with Gasteiger partial charge in [0.25, 0.3) is 5.91 Å². The van der Waals surface area contributed by atoms with E-state index in [1.165, 1.54) is 4.90 Å². The average Bonchev–Trinajstić information content (AvgIpc) is 2.89. The van der Waals surface area contributed by atoms with E-state index in [0.717, 1.165) is 16.9 Å². The summed E-state index contributed by atoms with van der Waals surface area (Å²) in [6.07, 6.45) is 0.186. The fourth-order valence-corrected chi connectivity index (χ4v) is 3.11. The fourth-order valence-electron chi connectivity index (χ4n) is 3.11. The minimum Gasteiger partial charge on any atom is -0.378 e. The maximum absolute atomic E-state index is 12.7. The minimum atomic E-state index is -0.510. The van der Waals surface area contributed by atoms with Crippen molar-refractivity contribution in [2.24, 2.45) is 0 Å². The summed E-state index contributed by atoms with van der Waals surface area (Å²) in [5.41, 5.74) is 2.88. The fraction of sp³-hybridized carbons (Fsp3) is 0.300. The van der Waals surface area contributed by atoms with Gasteiger partial charge >= 0.3 is 0 Å². The second-order valence-corrected chi connectivity index (χ2v) is 6.53. The molecule has 0 spiro atoms. The molecule has 130 valence electrons. The number of carbonyl (C=O) groups is 2. The SMILES string of the molecule is C[C@@H](c1ccccc1)N1C(=O)C[C@@H](Nc2ccc(N(C)C)cc2)C1=O. The summed E-state index contributed by atoms with van der Waals surface area (Å²) in [4.78, 5) is 28.5. The number of likely N-dealkylation sites (tertiary alicyclic amines) is 1. The van der Waals surface area contributed by atoms with Crippen LogP contribution in [0.2, 0.25) is 0 Å². The number of anilines is 2. The van der Waals surface area contributed by atoms with Crippen molar-refractivity contribution in [2.75, 3.05) is 24.3 Å². The highest BCUT2D eigenvalue weighted by Crippen LogP contribution is 2.28. The second-order valence-electron chi connectivity index (χ2n) is 6.53. The Morgan fingerprint density at radius 1 is 1.04 bits per heavy atom. The number of amides is 2. The maximum Gasteiger partial charge on any atom is 0.252 e. The van der Waals surface area contributed by atoms with Crippen LogP contribution in [0.5, 0.6) is 0 Å². The van der Waals surface area contributed by atoms with E-state index in [4.69, 9.17) is 0 Å². The van der Waals surface area contributed by atoms with E-state index in [0.29, 0.717) is 0 Å². The van der Waals surface area contributed by atoms with Crippen molar-refractivity contribution < 1.29 is 9.59 Å². The first-order valence-corrected chi connectivity index (χ1v) is 8.42. The summed E-state index contributed by atoms with van der Waals surface area (Å²) in [6, 6.07) is 16.7. The topological polar surface area (TPSA) is 52.7 Å². The molecule has 2 aromatic rings. The normalized spacial score (nSPS) is 18.4. The average molecular weight is 337 g/mol. The van der Waals surface area contributed by atoms with Gasteiger partial charge in [-0.25, -0.2) is 0 Å². The zero-order chi connectivity index (χ0) is 18.0. The van der Waals surface area contributed by atoms with Crippen molar-refractivity contribution in [3.05, 3.63) is 60.2 Å². The molecular formula is C20H23N3O2. The van der Waals surface area contributed by atoms with Crippen LogP contribution in [-0.2, 0) is 9.59 Å². The number of hydrogen-bond donors (Lipinski definition) is 1. The van der Waals surface area contributed by atoms with Crippen LogP contribution in [-0.4, -0.2) is 36.9 Å². The first-order valence-electron chi connectivity index (χ1n) is 8.42. The quantitative estimate of drug-likeness (QED) is 0.852. The molecule has 2 atom stereocenters. The highest BCUT2D eigenvalue weighted by Gasteiger charge is 2.41. The van der Waals surface area contributed by atoms with Crippen LogP contribution in [0.25, 0.3) is 0 Å². The molecule has 1 saturated heterocycles. The Morgan fingerprint density at radius 2 is 1.68 bits per heavy atom. The van der Waals surface area contributed by atoms with Gasteiger partial charge in [-0.1, -0.05) is 30.3 Å². The van der Waals surface area contributed by atoms with Crippen LogP contribution in [0.4, 0.5) is 11.4 Å². The van der Waals surface area contributed by atoms with E-state index < -0.39 is 6.04 Å². The van der Waals surface area contributed by atoms with E-state index in [1.54, 1.807) is 0 Å². The Labute approximate surface area is 148 Å². The lowest BCUT2D eigenvalue weighted by molar-refractivity contribution is -0.141. The number of rotatable bonds is 5. The number of hydrogen-bond acceptors (Lipinski definition) is 4. The zero-order valence-electron chi connectivity index (χ0n) is 14.8. The molecule has 5 heteroatoms. The highest BCUT2D eigenvalue weighted by molar-refractivity contribution is 6.07. The van der Waals surface area contributed by atoms with Gasteiger partial charge in [-0.2, -0.15) is 0 Å². The predicted molar refractivity (Wildman–Crippen MR) is 99.5 cm³/mol. The van der Waals surface area contributed by atoms with Gasteiger partial charge in [0.1, 0.15) is 6.04 Å². The molecule has 5 nitrogen and oxygen atoms in total. The van der Waals surface area contributed by atoms with Crippen LogP contribution in [0.3, 0.4) is 0 Å². The molecular weight excluding hydrogens is 314 g/mol. The molecule has 1 aliphatic heterocycles. The Morgan fingerprint density at radius 3 is 2.28 bits per heavy atom. The van der Waals surface area contributed by atoms with E-state index in [1.807, 2.05) is 80.5 Å². The Kier molecular flexibility index (Phi) is 4.74. The lowest BCUT2D eigenvalue weighted by Gasteiger charge is -2.23. The van der Waals surface area contributed by atoms with Crippen molar-refractivity contribution in [3.8, 4) is 0 Å². The van der Waals surface area contributed by atoms with Crippen molar-refractivity contribution >= 4 is 23.2 Å². The van der Waals surface area contributed by atoms with Gasteiger partial charge in [-0.15, -0.1) is 0 Å². The third kappa shape index (κ3) is 3.50. The third-order valence-electron chi connectivity index (χ3n) is 4.58. The maximum atomic E-state index is 12.7. The molecule has 0 aromatic heterocycles. The van der Waals surface area contributed by atoms with Gasteiger partial charge in [-0.05, 0) is 36.8 Å². The minimum absolute atomic E-state index is 0.135. The molecule has 1 aliphatic rings. The molecule has 0 aliphatic carbocycles. The predicted octanol–water partition coefficient (Wildman–Crippen LogP) is 3.05. The molecule has 1 N–H and O–H groups in total. The lowest BCUT2D eigenvalue weighted by atomic mass is 10.1. The molecule has 2 aromatic carbocycles. The number of carbonyl (C=O) groups excluding carboxylic acids is 2. The number of nitrogens with zero attached hydrogens (tertiary/aromatic N) is 2. The van der Waals surface area contributed by atoms with Crippen molar-refractivity contribution in [1.29, 1.82) is 0 Å². The molecule has 25 heavy (non-hydrogen) atoms. The van der Waals surface area contributed by atoms with Crippen molar-refractivity contribution in [1.82, 2.24) is 4.90 Å². The first kappa shape index (κ1) is 17.0. The Hall–Kier alpha value is -2.82. The molecule has 2 amide bonds. The summed E-state index contributed by atoms with van der Waals surface area (Å²) in [7, 11) is 3.95. The van der Waals surface area contributed by atoms with E-state index >= 15 is 0 Å². The molecule has 1 fully saturated rings. The van der Waals surface area contributed by atoms with E-state index in [-0.39, 0.29) is 24.3 Å². The molecule has 0 bridgehead atoms. The Balaban J connectivity index is 1.72. The molecule has 1 heterocycles. The third-order valence-corrected chi connectivity index (χ3v) is 4.58. The number of imide groups is 1. The van der Waals surface area contributed by atoms with Crippen LogP contribution in [0, 0.1) is 0 Å². The first-order chi connectivity index (χ1) is 12.0. The van der Waals surface area contributed by atoms with Crippen LogP contribution in [0.1, 0.15) is 24.9 Å². The van der Waals surface area contributed by atoms with Gasteiger partial charge in [0.2, 0.25) is 5.91 Å². The summed E-state index contributed by atoms with van der Waals surface area (Å²) < 4.78 is 0. The number of nitrogens with one attached hydrogen (secondary N) is 1. The standard InChI is InChI=1S/C20H23N3O2/c1-14(15-7-5-4-6-8-15)23-19(24)13-18(20(23)25)21-16-9-11-17(12-10-16)22(2)3/h4-12,14,18,21H,13H2,1-3H3/t14-,18+/m0/s1. The largest absolute Gasteiger partial charge is 0.378 e. The summed E-state index contributed by atoms with van der Waals surface area (Å²) >= 11 is 0. The van der Waals surface area contributed by atoms with Crippen molar-refractivity contribution in [2.45, 2.75) is 25.4 Å². The van der Waals surface area contributed by atoms with Crippen LogP contribution < -0.4 is 10.2 Å². The second kappa shape index (κ2) is 6.97. The van der Waals surface area contributed by atoms with E-state index in [9.17, 15) is 9.59 Å². The highest BCUT2D eigenvalue weighted by atomic mass is 16.2. The van der Waals surface area contributed by atoms with Crippen molar-refractivity contribution in [3.63, 3.8) is 0 Å². The smallest absolute Gasteiger partial charge is 0.252 e. The van der Waals surface area contributed by atoms with Crippen LogP contribution >= 0.6 is 0 Å². The lowest BCUT2D eigenvalue weighted by Crippen LogP contribution is -2.36. The summed E-state index contributed by atoms with van der Waals surface area (Å²) in [5, 5.41) is 3.19. The summed E-state index contributed by atoms with van der Waals surface area (Å²) in [6.45, 7) is 1.89. The van der Waals surface area contributed by atoms with Gasteiger partial charge in [0, 0.05) is 25.5 Å². The van der Waals surface area contributed by atoms with Crippen LogP contribution in [0.15, 0.2) is 54.6 Å². The van der Waals surface area contributed by atoms with Gasteiger partial charge in [-0.3, -0.25) is 14.5 Å². The molecule has 0 radical (unpaired) electrons. The zero-order valence-corrected chi connectivity index (χ0v) is 14.8. The molecule has 0 unspecified atom stereocenters. The Bertz CT molecular complexity index is 756. The van der Waals surface area contributed by atoms with Gasteiger partial charge in [0.15, 0.2) is 0 Å². The van der Waals surface area contributed by atoms with E-state index in [2.05, 4.69) is 5.32 Å². The molecule has 3 rings (SSSR count). The number of benzene rings is 2. The summed E-state index contributed by atoms with van der Waals surface area (Å²) in [5.74, 6) is -0.304. The van der Waals surface area contributed by atoms with Gasteiger partial charge < -0.3 is 10.2 Å². The molecule has 0 saturated carbocycles.